The molecule has 4 heteroatoms. The summed E-state index contributed by atoms with van der Waals surface area (Å²) in [5.41, 5.74) is 0. The number of methoxy groups -OCH3 is 1. The van der Waals surface area contributed by atoms with Crippen LogP contribution in [0.15, 0.2) is 16.5 Å². The second-order valence-electron chi connectivity index (χ2n) is 3.32. The van der Waals surface area contributed by atoms with Gasteiger partial charge in [-0.25, -0.2) is 4.79 Å². The average molecular weight is 221 g/mol. The van der Waals surface area contributed by atoms with Crippen molar-refractivity contribution in [3.63, 3.8) is 0 Å². The molecular weight excluding hydrogens is 206 g/mol. The maximum absolute atomic E-state index is 11.1. The van der Waals surface area contributed by atoms with Gasteiger partial charge >= 0.3 is 5.97 Å². The van der Waals surface area contributed by atoms with Crippen LogP contribution in [0, 0.1) is 12.3 Å². The third-order valence-electron chi connectivity index (χ3n) is 2.16. The Morgan fingerprint density at radius 2 is 2.44 bits per heavy atom. The summed E-state index contributed by atoms with van der Waals surface area (Å²) in [4.78, 5) is 11.1. The number of rotatable bonds is 5. The summed E-state index contributed by atoms with van der Waals surface area (Å²) in [5, 5.41) is 3.18. The molecule has 4 nitrogen and oxygen atoms in total. The van der Waals surface area contributed by atoms with Crippen molar-refractivity contribution in [3.8, 4) is 12.3 Å². The minimum Gasteiger partial charge on any atom is -0.463 e. The number of furan rings is 1. The van der Waals surface area contributed by atoms with Crippen molar-refractivity contribution >= 4 is 5.97 Å². The summed E-state index contributed by atoms with van der Waals surface area (Å²) < 4.78 is 9.89. The normalized spacial score (nSPS) is 11.8. The van der Waals surface area contributed by atoms with Gasteiger partial charge in [-0.05, 0) is 19.1 Å². The molecule has 16 heavy (non-hydrogen) atoms. The minimum atomic E-state index is -0.470. The molecule has 0 saturated carbocycles. The van der Waals surface area contributed by atoms with Crippen LogP contribution in [0.3, 0.4) is 0 Å². The van der Waals surface area contributed by atoms with Gasteiger partial charge in [-0.3, -0.25) is 0 Å². The second kappa shape index (κ2) is 5.99. The fourth-order valence-corrected chi connectivity index (χ4v) is 1.26. The maximum Gasteiger partial charge on any atom is 0.373 e. The smallest absolute Gasteiger partial charge is 0.373 e. The Kier molecular flexibility index (Phi) is 4.62. The van der Waals surface area contributed by atoms with E-state index in [0.717, 1.165) is 0 Å². The van der Waals surface area contributed by atoms with Crippen LogP contribution in [0.25, 0.3) is 0 Å². The van der Waals surface area contributed by atoms with Crippen LogP contribution in [0.1, 0.15) is 35.7 Å². The molecule has 1 aromatic rings. The highest BCUT2D eigenvalue weighted by molar-refractivity contribution is 5.86. The first-order valence-electron chi connectivity index (χ1n) is 5.04. The highest BCUT2D eigenvalue weighted by Gasteiger charge is 2.14. The van der Waals surface area contributed by atoms with Crippen molar-refractivity contribution in [1.29, 1.82) is 0 Å². The molecule has 1 heterocycles. The Morgan fingerprint density at radius 1 is 1.69 bits per heavy atom. The third kappa shape index (κ3) is 3.14. The first kappa shape index (κ1) is 12.3. The number of esters is 1. The number of carbonyl (C=O) groups excluding carboxylic acids is 1. The molecule has 0 spiro atoms. The topological polar surface area (TPSA) is 51.5 Å². The van der Waals surface area contributed by atoms with Gasteiger partial charge in [-0.2, -0.15) is 0 Å². The van der Waals surface area contributed by atoms with E-state index in [1.165, 1.54) is 7.11 Å². The van der Waals surface area contributed by atoms with Gasteiger partial charge in [0.2, 0.25) is 5.76 Å². The molecule has 0 aliphatic rings. The van der Waals surface area contributed by atoms with E-state index in [0.29, 0.717) is 18.7 Å². The van der Waals surface area contributed by atoms with E-state index in [2.05, 4.69) is 16.0 Å². The van der Waals surface area contributed by atoms with Crippen molar-refractivity contribution in [2.45, 2.75) is 19.4 Å². The van der Waals surface area contributed by atoms with Crippen molar-refractivity contribution < 1.29 is 13.9 Å². The summed E-state index contributed by atoms with van der Waals surface area (Å²) in [7, 11) is 1.32. The standard InChI is InChI=1S/C12H15NO3/c1-4-5-8-13-9(2)10-6-7-11(16-10)12(14)15-3/h1,6-7,9,13H,5,8H2,2-3H3. The van der Waals surface area contributed by atoms with E-state index in [1.807, 2.05) is 6.92 Å². The first-order valence-corrected chi connectivity index (χ1v) is 5.04. The Balaban J connectivity index is 2.56. The lowest BCUT2D eigenvalue weighted by atomic mass is 10.2. The zero-order valence-electron chi connectivity index (χ0n) is 9.45. The van der Waals surface area contributed by atoms with Gasteiger partial charge < -0.3 is 14.5 Å². The van der Waals surface area contributed by atoms with Crippen LogP contribution >= 0.6 is 0 Å². The number of hydrogen-bond donors (Lipinski definition) is 1. The van der Waals surface area contributed by atoms with Crippen LogP contribution < -0.4 is 5.32 Å². The fraction of sp³-hybridized carbons (Fsp3) is 0.417. The highest BCUT2D eigenvalue weighted by Crippen LogP contribution is 2.16. The Morgan fingerprint density at radius 3 is 3.06 bits per heavy atom. The largest absolute Gasteiger partial charge is 0.463 e. The quantitative estimate of drug-likeness (QED) is 0.467. The van der Waals surface area contributed by atoms with Gasteiger partial charge in [0.05, 0.1) is 13.2 Å². The molecule has 0 fully saturated rings. The molecule has 1 atom stereocenters. The molecule has 1 unspecified atom stereocenters. The minimum absolute atomic E-state index is 0.0201. The van der Waals surface area contributed by atoms with Crippen molar-refractivity contribution in [3.05, 3.63) is 23.7 Å². The van der Waals surface area contributed by atoms with E-state index in [4.69, 9.17) is 10.8 Å². The lowest BCUT2D eigenvalue weighted by Crippen LogP contribution is -2.19. The summed E-state index contributed by atoms with van der Waals surface area (Å²) in [6.07, 6.45) is 5.80. The third-order valence-corrected chi connectivity index (χ3v) is 2.16. The molecule has 0 radical (unpaired) electrons. The van der Waals surface area contributed by atoms with Crippen LogP contribution in [0.2, 0.25) is 0 Å². The lowest BCUT2D eigenvalue weighted by molar-refractivity contribution is 0.0562. The van der Waals surface area contributed by atoms with E-state index >= 15 is 0 Å². The second-order valence-corrected chi connectivity index (χ2v) is 3.32. The van der Waals surface area contributed by atoms with Gasteiger partial charge in [0, 0.05) is 13.0 Å². The zero-order valence-corrected chi connectivity index (χ0v) is 9.45. The zero-order chi connectivity index (χ0) is 12.0. The molecule has 0 amide bonds. The van der Waals surface area contributed by atoms with E-state index in [1.54, 1.807) is 12.1 Å². The summed E-state index contributed by atoms with van der Waals surface area (Å²) in [6.45, 7) is 2.66. The van der Waals surface area contributed by atoms with Crippen LogP contribution in [0.4, 0.5) is 0 Å². The SMILES string of the molecule is C#CCCNC(C)c1ccc(C(=O)OC)o1. The summed E-state index contributed by atoms with van der Waals surface area (Å²) >= 11 is 0. The Bertz CT molecular complexity index is 389. The van der Waals surface area contributed by atoms with Gasteiger partial charge in [0.25, 0.3) is 0 Å². The fourth-order valence-electron chi connectivity index (χ4n) is 1.26. The number of ether oxygens (including phenoxy) is 1. The highest BCUT2D eigenvalue weighted by atomic mass is 16.5. The molecule has 0 bridgehead atoms. The number of carbonyl (C=O) groups is 1. The van der Waals surface area contributed by atoms with Crippen LogP contribution in [0.5, 0.6) is 0 Å². The molecule has 0 aliphatic carbocycles. The summed E-state index contributed by atoms with van der Waals surface area (Å²) in [6, 6.07) is 3.37. The van der Waals surface area contributed by atoms with Crippen LogP contribution in [-0.2, 0) is 4.74 Å². The Labute approximate surface area is 95.0 Å². The molecule has 86 valence electrons. The number of hydrogen-bond acceptors (Lipinski definition) is 4. The molecule has 0 saturated heterocycles. The van der Waals surface area contributed by atoms with Crippen molar-refractivity contribution in [1.82, 2.24) is 5.32 Å². The molecule has 1 aromatic heterocycles. The summed E-state index contributed by atoms with van der Waals surface area (Å²) in [5.74, 6) is 2.97. The molecule has 1 rings (SSSR count). The van der Waals surface area contributed by atoms with Crippen molar-refractivity contribution in [2.75, 3.05) is 13.7 Å². The molecular formula is C12H15NO3. The van der Waals surface area contributed by atoms with E-state index < -0.39 is 5.97 Å². The van der Waals surface area contributed by atoms with Gasteiger partial charge in [0.15, 0.2) is 0 Å². The van der Waals surface area contributed by atoms with Gasteiger partial charge in [-0.15, -0.1) is 12.3 Å². The predicted octanol–water partition coefficient (Wildman–Crippen LogP) is 1.74. The Hall–Kier alpha value is -1.73. The van der Waals surface area contributed by atoms with Crippen molar-refractivity contribution in [2.24, 2.45) is 0 Å². The predicted molar refractivity (Wildman–Crippen MR) is 59.9 cm³/mol. The molecule has 1 N–H and O–H groups in total. The average Bonchev–Trinajstić information content (AvgIpc) is 2.77. The molecule has 0 aliphatic heterocycles. The molecule has 0 aromatic carbocycles. The first-order chi connectivity index (χ1) is 7.69. The van der Waals surface area contributed by atoms with Crippen LogP contribution in [-0.4, -0.2) is 19.6 Å². The number of terminal acetylenes is 1. The monoisotopic (exact) mass is 221 g/mol. The lowest BCUT2D eigenvalue weighted by Gasteiger charge is -2.09. The maximum atomic E-state index is 11.1. The van der Waals surface area contributed by atoms with E-state index in [-0.39, 0.29) is 11.8 Å². The number of nitrogens with one attached hydrogen (secondary N) is 1. The van der Waals surface area contributed by atoms with E-state index in [9.17, 15) is 4.79 Å². The van der Waals surface area contributed by atoms with Gasteiger partial charge in [-0.1, -0.05) is 0 Å². The van der Waals surface area contributed by atoms with Gasteiger partial charge in [0.1, 0.15) is 5.76 Å².